The van der Waals surface area contributed by atoms with Gasteiger partial charge in [-0.2, -0.15) is 18.4 Å². The Kier molecular flexibility index (Phi) is 3.36. The van der Waals surface area contributed by atoms with E-state index in [9.17, 15) is 13.2 Å². The minimum absolute atomic E-state index is 0.0162. The fourth-order valence-corrected chi connectivity index (χ4v) is 3.03. The summed E-state index contributed by atoms with van der Waals surface area (Å²) in [7, 11) is 0. The number of nitrogens with zero attached hydrogens (tertiary/aromatic N) is 2. The van der Waals surface area contributed by atoms with Gasteiger partial charge in [-0.1, -0.05) is 6.07 Å². The molecule has 1 heterocycles. The van der Waals surface area contributed by atoms with Crippen LogP contribution in [0.1, 0.15) is 43.0 Å². The minimum atomic E-state index is -4.09. The van der Waals surface area contributed by atoms with E-state index in [2.05, 4.69) is 16.0 Å². The lowest BCUT2D eigenvalue weighted by atomic mass is 9.81. The highest BCUT2D eigenvalue weighted by atomic mass is 19.4. The molecule has 0 saturated heterocycles. The number of nitriles is 1. The molecule has 1 saturated carbocycles. The third-order valence-electron chi connectivity index (χ3n) is 4.23. The van der Waals surface area contributed by atoms with Gasteiger partial charge in [0.25, 0.3) is 0 Å². The number of aromatic amines is 1. The Morgan fingerprint density at radius 3 is 2.52 bits per heavy atom. The highest BCUT2D eigenvalue weighted by Crippen LogP contribution is 2.42. The van der Waals surface area contributed by atoms with Crippen LogP contribution >= 0.6 is 0 Å². The number of para-hydroxylation sites is 1. The van der Waals surface area contributed by atoms with E-state index < -0.39 is 12.1 Å². The summed E-state index contributed by atoms with van der Waals surface area (Å²) in [6, 6.07) is 7.36. The van der Waals surface area contributed by atoms with Crippen molar-refractivity contribution in [1.82, 2.24) is 9.97 Å². The maximum absolute atomic E-state index is 12.7. The summed E-state index contributed by atoms with van der Waals surface area (Å²) >= 11 is 0. The lowest BCUT2D eigenvalue weighted by Gasteiger charge is -2.28. The molecule has 0 bridgehead atoms. The molecule has 0 amide bonds. The van der Waals surface area contributed by atoms with Crippen LogP contribution in [0.25, 0.3) is 11.0 Å². The van der Waals surface area contributed by atoms with Gasteiger partial charge in [0.2, 0.25) is 0 Å². The normalized spacial score (nSPS) is 23.1. The van der Waals surface area contributed by atoms with Crippen molar-refractivity contribution in [2.45, 2.75) is 37.8 Å². The van der Waals surface area contributed by atoms with Crippen LogP contribution in [0.5, 0.6) is 0 Å². The predicted octanol–water partition coefficient (Wildman–Crippen LogP) is 4.27. The molecule has 1 aliphatic rings. The Balaban J connectivity index is 1.82. The molecule has 0 aliphatic heterocycles. The SMILES string of the molecule is N#Cc1cccc2[nH]c(C3CCC(C(F)(F)F)CC3)nc12. The van der Waals surface area contributed by atoms with Gasteiger partial charge in [-0.05, 0) is 37.8 Å². The number of fused-ring (bicyclic) bond motifs is 1. The second-order valence-electron chi connectivity index (χ2n) is 5.53. The predicted molar refractivity (Wildman–Crippen MR) is 71.6 cm³/mol. The van der Waals surface area contributed by atoms with Crippen molar-refractivity contribution in [3.8, 4) is 6.07 Å². The number of hydrogen-bond acceptors (Lipinski definition) is 2. The summed E-state index contributed by atoms with van der Waals surface area (Å²) in [5, 5.41) is 9.05. The molecule has 1 aromatic carbocycles. The largest absolute Gasteiger partial charge is 0.391 e. The molecule has 0 spiro atoms. The summed E-state index contributed by atoms with van der Waals surface area (Å²) in [4.78, 5) is 7.59. The number of alkyl halides is 3. The van der Waals surface area contributed by atoms with E-state index in [4.69, 9.17) is 5.26 Å². The second kappa shape index (κ2) is 5.06. The van der Waals surface area contributed by atoms with Crippen molar-refractivity contribution < 1.29 is 13.2 Å². The van der Waals surface area contributed by atoms with Gasteiger partial charge in [0.1, 0.15) is 17.4 Å². The quantitative estimate of drug-likeness (QED) is 0.853. The van der Waals surface area contributed by atoms with Crippen LogP contribution in [0, 0.1) is 17.2 Å². The van der Waals surface area contributed by atoms with Crippen LogP contribution in [0.3, 0.4) is 0 Å². The number of imidazole rings is 1. The van der Waals surface area contributed by atoms with Crippen LogP contribution < -0.4 is 0 Å². The smallest absolute Gasteiger partial charge is 0.342 e. The minimum Gasteiger partial charge on any atom is -0.342 e. The molecule has 0 atom stereocenters. The Labute approximate surface area is 119 Å². The molecule has 6 heteroatoms. The summed E-state index contributed by atoms with van der Waals surface area (Å²) in [6.45, 7) is 0. The Bertz CT molecular complexity index is 688. The molecule has 3 rings (SSSR count). The lowest BCUT2D eigenvalue weighted by Crippen LogP contribution is -2.27. The molecule has 0 radical (unpaired) electrons. The zero-order valence-corrected chi connectivity index (χ0v) is 11.2. The third kappa shape index (κ3) is 2.60. The fraction of sp³-hybridized carbons (Fsp3) is 0.467. The van der Waals surface area contributed by atoms with E-state index in [-0.39, 0.29) is 18.8 Å². The molecule has 1 fully saturated rings. The number of benzene rings is 1. The van der Waals surface area contributed by atoms with Crippen molar-refractivity contribution in [1.29, 1.82) is 5.26 Å². The van der Waals surface area contributed by atoms with Crippen molar-refractivity contribution in [3.63, 3.8) is 0 Å². The molecule has 2 aromatic rings. The van der Waals surface area contributed by atoms with Crippen LogP contribution in [-0.4, -0.2) is 16.1 Å². The Hall–Kier alpha value is -2.03. The number of rotatable bonds is 1. The van der Waals surface area contributed by atoms with Crippen molar-refractivity contribution >= 4 is 11.0 Å². The van der Waals surface area contributed by atoms with Gasteiger partial charge in [-0.25, -0.2) is 4.98 Å². The van der Waals surface area contributed by atoms with Gasteiger partial charge in [-0.3, -0.25) is 0 Å². The first-order valence-corrected chi connectivity index (χ1v) is 6.94. The van der Waals surface area contributed by atoms with E-state index in [1.165, 1.54) is 0 Å². The maximum Gasteiger partial charge on any atom is 0.391 e. The summed E-state index contributed by atoms with van der Waals surface area (Å²) in [5.41, 5.74) is 1.86. The van der Waals surface area contributed by atoms with Gasteiger partial charge < -0.3 is 4.98 Å². The number of aromatic nitrogens is 2. The molecule has 1 aliphatic carbocycles. The summed E-state index contributed by atoms with van der Waals surface area (Å²) < 4.78 is 38.0. The Morgan fingerprint density at radius 2 is 1.90 bits per heavy atom. The van der Waals surface area contributed by atoms with Crippen LogP contribution in [0.2, 0.25) is 0 Å². The molecule has 3 nitrogen and oxygen atoms in total. The van der Waals surface area contributed by atoms with Gasteiger partial charge in [0, 0.05) is 5.92 Å². The molecule has 110 valence electrons. The molecular weight excluding hydrogens is 279 g/mol. The number of hydrogen-bond donors (Lipinski definition) is 1. The van der Waals surface area contributed by atoms with E-state index in [1.54, 1.807) is 12.1 Å². The monoisotopic (exact) mass is 293 g/mol. The molecule has 21 heavy (non-hydrogen) atoms. The van der Waals surface area contributed by atoms with Gasteiger partial charge >= 0.3 is 6.18 Å². The molecular formula is C15H14F3N3. The van der Waals surface area contributed by atoms with Crippen molar-refractivity contribution in [3.05, 3.63) is 29.6 Å². The zero-order valence-electron chi connectivity index (χ0n) is 11.2. The summed E-state index contributed by atoms with van der Waals surface area (Å²) in [5.74, 6) is -0.469. The van der Waals surface area contributed by atoms with Gasteiger partial charge in [0.05, 0.1) is 17.0 Å². The summed E-state index contributed by atoms with van der Waals surface area (Å²) in [6.07, 6.45) is -2.84. The van der Waals surface area contributed by atoms with Gasteiger partial charge in [-0.15, -0.1) is 0 Å². The number of halogens is 3. The van der Waals surface area contributed by atoms with Crippen LogP contribution in [-0.2, 0) is 0 Å². The molecule has 1 N–H and O–H groups in total. The third-order valence-corrected chi connectivity index (χ3v) is 4.23. The van der Waals surface area contributed by atoms with E-state index in [1.807, 2.05) is 6.07 Å². The van der Waals surface area contributed by atoms with Gasteiger partial charge in [0.15, 0.2) is 0 Å². The lowest BCUT2D eigenvalue weighted by molar-refractivity contribution is -0.182. The maximum atomic E-state index is 12.7. The highest BCUT2D eigenvalue weighted by molar-refractivity contribution is 5.81. The van der Waals surface area contributed by atoms with Crippen LogP contribution in [0.4, 0.5) is 13.2 Å². The van der Waals surface area contributed by atoms with E-state index in [0.29, 0.717) is 29.7 Å². The molecule has 0 unspecified atom stereocenters. The van der Waals surface area contributed by atoms with E-state index >= 15 is 0 Å². The van der Waals surface area contributed by atoms with E-state index in [0.717, 1.165) is 5.52 Å². The van der Waals surface area contributed by atoms with Crippen molar-refractivity contribution in [2.75, 3.05) is 0 Å². The molecule has 1 aromatic heterocycles. The fourth-order valence-electron chi connectivity index (χ4n) is 3.03. The number of H-pyrrole nitrogens is 1. The topological polar surface area (TPSA) is 52.5 Å². The zero-order chi connectivity index (χ0) is 15.0. The highest BCUT2D eigenvalue weighted by Gasteiger charge is 2.41. The average Bonchev–Trinajstić information content (AvgIpc) is 2.90. The first kappa shape index (κ1) is 13.9. The van der Waals surface area contributed by atoms with Crippen molar-refractivity contribution in [2.24, 2.45) is 5.92 Å². The standard InChI is InChI=1S/C15H14F3N3/c16-15(17,18)11-6-4-9(5-7-11)14-20-12-3-1-2-10(8-19)13(12)21-14/h1-3,9,11H,4-7H2,(H,20,21). The first-order valence-electron chi connectivity index (χ1n) is 6.94. The second-order valence-corrected chi connectivity index (χ2v) is 5.53. The average molecular weight is 293 g/mol. The Morgan fingerprint density at radius 1 is 1.19 bits per heavy atom. The first-order chi connectivity index (χ1) is 9.99. The van der Waals surface area contributed by atoms with Crippen LogP contribution in [0.15, 0.2) is 18.2 Å². The number of nitrogens with one attached hydrogen (secondary N) is 1.